The molecule has 0 saturated carbocycles. The van der Waals surface area contributed by atoms with Crippen molar-refractivity contribution in [1.82, 2.24) is 4.98 Å². The number of aromatic nitrogens is 1. The van der Waals surface area contributed by atoms with Gasteiger partial charge < -0.3 is 4.42 Å². The minimum absolute atomic E-state index is 0.652. The highest BCUT2D eigenvalue weighted by Crippen LogP contribution is 2.21. The van der Waals surface area contributed by atoms with E-state index in [0.29, 0.717) is 11.2 Å². The lowest BCUT2D eigenvalue weighted by Crippen LogP contribution is -1.71. The van der Waals surface area contributed by atoms with E-state index >= 15 is 0 Å². The van der Waals surface area contributed by atoms with Gasteiger partial charge in [-0.2, -0.15) is 0 Å². The second-order valence-corrected chi connectivity index (χ2v) is 3.83. The molecule has 0 spiro atoms. The van der Waals surface area contributed by atoms with Crippen molar-refractivity contribution in [3.63, 3.8) is 0 Å². The average Bonchev–Trinajstić information content (AvgIpc) is 2.46. The standard InChI is InChI=1S/C8H5Br2NO/c9-4-8-11-6-2-1-5(10)3-7(6)12-8/h1-3H,4H2. The molecule has 2 nitrogen and oxygen atoms in total. The van der Waals surface area contributed by atoms with Crippen LogP contribution in [0.25, 0.3) is 11.1 Å². The zero-order chi connectivity index (χ0) is 8.55. The second kappa shape index (κ2) is 3.18. The molecule has 1 aromatic heterocycles. The van der Waals surface area contributed by atoms with Gasteiger partial charge in [-0.05, 0) is 18.2 Å². The van der Waals surface area contributed by atoms with Crippen LogP contribution in [0.1, 0.15) is 5.89 Å². The van der Waals surface area contributed by atoms with Gasteiger partial charge in [-0.1, -0.05) is 31.9 Å². The molecule has 0 N–H and O–H groups in total. The summed E-state index contributed by atoms with van der Waals surface area (Å²) in [5.74, 6) is 0.711. The van der Waals surface area contributed by atoms with Crippen molar-refractivity contribution < 1.29 is 4.42 Å². The maximum absolute atomic E-state index is 5.41. The number of nitrogens with zero attached hydrogens (tertiary/aromatic N) is 1. The first-order valence-electron chi connectivity index (χ1n) is 3.40. The smallest absolute Gasteiger partial charge is 0.206 e. The van der Waals surface area contributed by atoms with E-state index in [4.69, 9.17) is 4.42 Å². The molecule has 62 valence electrons. The summed E-state index contributed by atoms with van der Waals surface area (Å²) < 4.78 is 6.42. The second-order valence-electron chi connectivity index (χ2n) is 2.35. The molecule has 2 rings (SSSR count). The number of fused-ring (bicyclic) bond motifs is 1. The van der Waals surface area contributed by atoms with E-state index in [2.05, 4.69) is 36.8 Å². The minimum Gasteiger partial charge on any atom is -0.440 e. The zero-order valence-corrected chi connectivity index (χ0v) is 9.22. The summed E-state index contributed by atoms with van der Waals surface area (Å²) in [7, 11) is 0. The molecule has 0 radical (unpaired) electrons. The quantitative estimate of drug-likeness (QED) is 0.752. The summed E-state index contributed by atoms with van der Waals surface area (Å²) in [5, 5.41) is 0.652. The summed E-state index contributed by atoms with van der Waals surface area (Å²) in [6.45, 7) is 0. The van der Waals surface area contributed by atoms with Crippen molar-refractivity contribution in [2.75, 3.05) is 0 Å². The van der Waals surface area contributed by atoms with E-state index in [-0.39, 0.29) is 0 Å². The molecule has 0 unspecified atom stereocenters. The molecule has 1 heterocycles. The van der Waals surface area contributed by atoms with Crippen LogP contribution in [0.3, 0.4) is 0 Å². The molecule has 2 aromatic rings. The lowest BCUT2D eigenvalue weighted by Gasteiger charge is -1.86. The van der Waals surface area contributed by atoms with Crippen molar-refractivity contribution in [2.24, 2.45) is 0 Å². The van der Waals surface area contributed by atoms with Crippen LogP contribution in [0.2, 0.25) is 0 Å². The molecule has 0 aliphatic carbocycles. The summed E-state index contributed by atoms with van der Waals surface area (Å²) in [6, 6.07) is 5.78. The highest BCUT2D eigenvalue weighted by molar-refractivity contribution is 9.10. The van der Waals surface area contributed by atoms with Crippen LogP contribution >= 0.6 is 31.9 Å². The van der Waals surface area contributed by atoms with Gasteiger partial charge >= 0.3 is 0 Å². The maximum Gasteiger partial charge on any atom is 0.206 e. The summed E-state index contributed by atoms with van der Waals surface area (Å²) in [6.07, 6.45) is 0. The molecular weight excluding hydrogens is 286 g/mol. The van der Waals surface area contributed by atoms with Gasteiger partial charge in [0.05, 0.1) is 5.33 Å². The number of benzene rings is 1. The Morgan fingerprint density at radius 2 is 2.25 bits per heavy atom. The summed E-state index contributed by atoms with van der Waals surface area (Å²) in [5.41, 5.74) is 1.71. The van der Waals surface area contributed by atoms with E-state index in [9.17, 15) is 0 Å². The molecule has 0 aliphatic rings. The Morgan fingerprint density at radius 1 is 1.42 bits per heavy atom. The predicted octanol–water partition coefficient (Wildman–Crippen LogP) is 3.49. The van der Waals surface area contributed by atoms with Crippen molar-refractivity contribution in [3.8, 4) is 0 Å². The van der Waals surface area contributed by atoms with Crippen molar-refractivity contribution in [2.45, 2.75) is 5.33 Å². The molecule has 1 aromatic carbocycles. The number of halogens is 2. The number of alkyl halides is 1. The van der Waals surface area contributed by atoms with Crippen LogP contribution in [0.5, 0.6) is 0 Å². The van der Waals surface area contributed by atoms with Gasteiger partial charge in [0.15, 0.2) is 5.58 Å². The molecule has 0 fully saturated rings. The molecule has 0 aliphatic heterocycles. The fourth-order valence-corrected chi connectivity index (χ4v) is 1.58. The van der Waals surface area contributed by atoms with Gasteiger partial charge in [0, 0.05) is 4.47 Å². The predicted molar refractivity (Wildman–Crippen MR) is 54.3 cm³/mol. The highest BCUT2D eigenvalue weighted by Gasteiger charge is 2.03. The normalized spacial score (nSPS) is 10.8. The lowest BCUT2D eigenvalue weighted by atomic mass is 10.3. The number of oxazole rings is 1. The molecule has 0 saturated heterocycles. The molecule has 0 amide bonds. The van der Waals surface area contributed by atoms with Crippen LogP contribution in [0.4, 0.5) is 0 Å². The lowest BCUT2D eigenvalue weighted by molar-refractivity contribution is 0.557. The van der Waals surface area contributed by atoms with Crippen molar-refractivity contribution >= 4 is 43.0 Å². The Balaban J connectivity index is 2.67. The van der Waals surface area contributed by atoms with Crippen LogP contribution in [0.15, 0.2) is 27.1 Å². The Kier molecular flexibility index (Phi) is 2.19. The maximum atomic E-state index is 5.41. The molecule has 4 heteroatoms. The Morgan fingerprint density at radius 3 is 3.00 bits per heavy atom. The fraction of sp³-hybridized carbons (Fsp3) is 0.125. The van der Waals surface area contributed by atoms with Crippen LogP contribution in [-0.4, -0.2) is 4.98 Å². The summed E-state index contributed by atoms with van der Waals surface area (Å²) >= 11 is 6.65. The Hall–Kier alpha value is -0.350. The first-order valence-corrected chi connectivity index (χ1v) is 5.32. The zero-order valence-electron chi connectivity index (χ0n) is 6.05. The van der Waals surface area contributed by atoms with E-state index in [1.807, 2.05) is 18.2 Å². The van der Waals surface area contributed by atoms with Gasteiger partial charge in [-0.15, -0.1) is 0 Å². The molecule has 12 heavy (non-hydrogen) atoms. The van der Waals surface area contributed by atoms with Crippen LogP contribution in [0, 0.1) is 0 Å². The number of hydrogen-bond acceptors (Lipinski definition) is 2. The van der Waals surface area contributed by atoms with Crippen molar-refractivity contribution in [3.05, 3.63) is 28.6 Å². The largest absolute Gasteiger partial charge is 0.440 e. The third kappa shape index (κ3) is 1.41. The summed E-state index contributed by atoms with van der Waals surface area (Å²) in [4.78, 5) is 4.24. The monoisotopic (exact) mass is 289 g/mol. The van der Waals surface area contributed by atoms with E-state index in [0.717, 1.165) is 15.6 Å². The third-order valence-electron chi connectivity index (χ3n) is 1.51. The number of hydrogen-bond donors (Lipinski definition) is 0. The molecular formula is C8H5Br2NO. The first-order chi connectivity index (χ1) is 5.79. The molecule has 0 atom stereocenters. The van der Waals surface area contributed by atoms with Gasteiger partial charge in [-0.25, -0.2) is 4.98 Å². The van der Waals surface area contributed by atoms with Gasteiger partial charge in [0.1, 0.15) is 5.52 Å². The van der Waals surface area contributed by atoms with E-state index < -0.39 is 0 Å². The average molecular weight is 291 g/mol. The van der Waals surface area contributed by atoms with Crippen LogP contribution in [-0.2, 0) is 5.33 Å². The van der Waals surface area contributed by atoms with Gasteiger partial charge in [0.2, 0.25) is 5.89 Å². The Labute approximate surface area is 86.2 Å². The Bertz CT molecular complexity index is 410. The van der Waals surface area contributed by atoms with Gasteiger partial charge in [-0.3, -0.25) is 0 Å². The van der Waals surface area contributed by atoms with E-state index in [1.165, 1.54) is 0 Å². The van der Waals surface area contributed by atoms with Crippen molar-refractivity contribution in [1.29, 1.82) is 0 Å². The third-order valence-corrected chi connectivity index (χ3v) is 2.48. The SMILES string of the molecule is BrCc1nc2ccc(Br)cc2o1. The first kappa shape index (κ1) is 8.26. The van der Waals surface area contributed by atoms with Gasteiger partial charge in [0.25, 0.3) is 0 Å². The van der Waals surface area contributed by atoms with E-state index in [1.54, 1.807) is 0 Å². The minimum atomic E-state index is 0.652. The fourth-order valence-electron chi connectivity index (χ4n) is 1.00. The highest BCUT2D eigenvalue weighted by atomic mass is 79.9. The molecule has 0 bridgehead atoms. The topological polar surface area (TPSA) is 26.0 Å². The van der Waals surface area contributed by atoms with Crippen LogP contribution < -0.4 is 0 Å². The number of rotatable bonds is 1.